The summed E-state index contributed by atoms with van der Waals surface area (Å²) in [5.41, 5.74) is 1.29. The molecule has 0 amide bonds. The van der Waals surface area contributed by atoms with E-state index in [0.29, 0.717) is 6.42 Å². The van der Waals surface area contributed by atoms with Crippen LogP contribution in [0.5, 0.6) is 0 Å². The fourth-order valence-corrected chi connectivity index (χ4v) is 3.06. The van der Waals surface area contributed by atoms with Gasteiger partial charge in [0, 0.05) is 16.5 Å². The van der Waals surface area contributed by atoms with Crippen molar-refractivity contribution in [3.63, 3.8) is 0 Å². The van der Waals surface area contributed by atoms with Gasteiger partial charge in [0.05, 0.1) is 0 Å². The van der Waals surface area contributed by atoms with Crippen molar-refractivity contribution in [3.05, 3.63) is 57.3 Å². The Balaban J connectivity index is 2.26. The molecule has 20 heavy (non-hydrogen) atoms. The van der Waals surface area contributed by atoms with Gasteiger partial charge in [-0.1, -0.05) is 13.0 Å². The van der Waals surface area contributed by atoms with E-state index >= 15 is 0 Å². The van der Waals surface area contributed by atoms with Gasteiger partial charge in [-0.25, -0.2) is 8.78 Å². The summed E-state index contributed by atoms with van der Waals surface area (Å²) < 4.78 is 27.6. The number of halogens is 2. The Morgan fingerprint density at radius 2 is 1.90 bits per heavy atom. The molecule has 0 aliphatic carbocycles. The first kappa shape index (κ1) is 15.1. The summed E-state index contributed by atoms with van der Waals surface area (Å²) in [5.74, 6) is -0.942. The molecule has 108 valence electrons. The molecule has 2 aromatic rings. The molecule has 0 fully saturated rings. The Hall–Kier alpha value is -1.26. The number of hydrogen-bond donors (Lipinski definition) is 1. The zero-order valence-electron chi connectivity index (χ0n) is 11.7. The lowest BCUT2D eigenvalue weighted by atomic mass is 9.98. The van der Waals surface area contributed by atoms with Crippen molar-refractivity contribution in [2.75, 3.05) is 6.54 Å². The first-order valence-corrected chi connectivity index (χ1v) is 7.71. The number of nitrogens with one attached hydrogen (secondary N) is 1. The average Bonchev–Trinajstić information content (AvgIpc) is 2.84. The van der Waals surface area contributed by atoms with Crippen LogP contribution in [-0.2, 0) is 6.42 Å². The van der Waals surface area contributed by atoms with Crippen LogP contribution in [0.15, 0.2) is 29.6 Å². The van der Waals surface area contributed by atoms with Crippen molar-refractivity contribution in [3.8, 4) is 0 Å². The molecule has 1 atom stereocenters. The third kappa shape index (κ3) is 3.44. The number of thiophene rings is 1. The number of benzene rings is 1. The Kier molecular flexibility index (Phi) is 5.26. The minimum Gasteiger partial charge on any atom is -0.310 e. The molecule has 2 rings (SSSR count). The maximum absolute atomic E-state index is 13.8. The van der Waals surface area contributed by atoms with Gasteiger partial charge in [-0.05, 0) is 55.5 Å². The molecule has 1 heterocycles. The topological polar surface area (TPSA) is 12.0 Å². The molecule has 4 heteroatoms. The third-order valence-corrected chi connectivity index (χ3v) is 4.25. The first-order valence-electron chi connectivity index (χ1n) is 6.83. The Labute approximate surface area is 122 Å². The molecule has 0 bridgehead atoms. The molecule has 1 unspecified atom stereocenters. The van der Waals surface area contributed by atoms with E-state index in [1.807, 2.05) is 18.4 Å². The quantitative estimate of drug-likeness (QED) is 0.820. The van der Waals surface area contributed by atoms with Crippen LogP contribution in [0.25, 0.3) is 0 Å². The summed E-state index contributed by atoms with van der Waals surface area (Å²) in [4.78, 5) is 1.19. The SMILES string of the molecule is CCCNC(Cc1c(F)cccc1F)c1ccsc1C. The van der Waals surface area contributed by atoms with Crippen molar-refractivity contribution in [2.45, 2.75) is 32.7 Å². The molecule has 0 saturated heterocycles. The maximum atomic E-state index is 13.8. The fourth-order valence-electron chi connectivity index (χ4n) is 2.30. The van der Waals surface area contributed by atoms with Crippen LogP contribution in [0, 0.1) is 18.6 Å². The number of rotatable bonds is 6. The molecular formula is C16H19F2NS. The monoisotopic (exact) mass is 295 g/mol. The molecule has 0 aliphatic heterocycles. The van der Waals surface area contributed by atoms with E-state index < -0.39 is 11.6 Å². The highest BCUT2D eigenvalue weighted by molar-refractivity contribution is 7.10. The van der Waals surface area contributed by atoms with E-state index in [0.717, 1.165) is 18.5 Å². The fraction of sp³-hybridized carbons (Fsp3) is 0.375. The van der Waals surface area contributed by atoms with Gasteiger partial charge < -0.3 is 5.32 Å². The lowest BCUT2D eigenvalue weighted by molar-refractivity contribution is 0.490. The van der Waals surface area contributed by atoms with Gasteiger partial charge in [0.15, 0.2) is 0 Å². The molecule has 1 aromatic carbocycles. The lowest BCUT2D eigenvalue weighted by Gasteiger charge is -2.19. The largest absolute Gasteiger partial charge is 0.310 e. The van der Waals surface area contributed by atoms with Crippen molar-refractivity contribution in [1.29, 1.82) is 0 Å². The summed E-state index contributed by atoms with van der Waals surface area (Å²) >= 11 is 1.66. The molecule has 0 radical (unpaired) electrons. The normalized spacial score (nSPS) is 12.6. The summed E-state index contributed by atoms with van der Waals surface area (Å²) in [6, 6.07) is 6.02. The van der Waals surface area contributed by atoms with E-state index in [2.05, 4.69) is 12.2 Å². The highest BCUT2D eigenvalue weighted by Crippen LogP contribution is 2.27. The van der Waals surface area contributed by atoms with E-state index in [9.17, 15) is 8.78 Å². The van der Waals surface area contributed by atoms with Crippen LogP contribution >= 0.6 is 11.3 Å². The van der Waals surface area contributed by atoms with Crippen molar-refractivity contribution >= 4 is 11.3 Å². The van der Waals surface area contributed by atoms with Crippen molar-refractivity contribution in [2.24, 2.45) is 0 Å². The maximum Gasteiger partial charge on any atom is 0.129 e. The minimum absolute atomic E-state index is 0.0485. The predicted octanol–water partition coefficient (Wildman–Crippen LogP) is 4.62. The van der Waals surface area contributed by atoms with E-state index in [-0.39, 0.29) is 11.6 Å². The summed E-state index contributed by atoms with van der Waals surface area (Å²) in [6.45, 7) is 4.95. The highest BCUT2D eigenvalue weighted by atomic mass is 32.1. The standard InChI is InChI=1S/C16H19F2NS/c1-3-8-19-16(12-7-9-20-11(12)2)10-13-14(17)5-4-6-15(13)18/h4-7,9,16,19H,3,8,10H2,1-2H3. The van der Waals surface area contributed by atoms with Gasteiger partial charge in [-0.3, -0.25) is 0 Å². The molecule has 1 aromatic heterocycles. The van der Waals surface area contributed by atoms with Gasteiger partial charge in [-0.15, -0.1) is 11.3 Å². The smallest absolute Gasteiger partial charge is 0.129 e. The van der Waals surface area contributed by atoms with Gasteiger partial charge in [0.25, 0.3) is 0 Å². The second-order valence-electron chi connectivity index (χ2n) is 4.84. The second kappa shape index (κ2) is 6.95. The Morgan fingerprint density at radius 1 is 1.20 bits per heavy atom. The Morgan fingerprint density at radius 3 is 2.45 bits per heavy atom. The average molecular weight is 295 g/mol. The molecule has 0 aliphatic rings. The lowest BCUT2D eigenvalue weighted by Crippen LogP contribution is -2.25. The van der Waals surface area contributed by atoms with Gasteiger partial charge in [0.1, 0.15) is 11.6 Å². The minimum atomic E-state index is -0.471. The molecule has 0 saturated carbocycles. The van der Waals surface area contributed by atoms with Crippen LogP contribution < -0.4 is 5.32 Å². The first-order chi connectivity index (χ1) is 9.63. The number of hydrogen-bond acceptors (Lipinski definition) is 2. The summed E-state index contributed by atoms with van der Waals surface area (Å²) in [5, 5.41) is 5.41. The zero-order chi connectivity index (χ0) is 14.5. The van der Waals surface area contributed by atoms with Gasteiger partial charge in [0.2, 0.25) is 0 Å². The van der Waals surface area contributed by atoms with Crippen LogP contribution in [0.1, 0.15) is 35.4 Å². The summed E-state index contributed by atoms with van der Waals surface area (Å²) in [7, 11) is 0. The van der Waals surface area contributed by atoms with Gasteiger partial charge in [-0.2, -0.15) is 0 Å². The summed E-state index contributed by atoms with van der Waals surface area (Å²) in [6.07, 6.45) is 1.31. The molecule has 1 N–H and O–H groups in total. The van der Waals surface area contributed by atoms with Crippen molar-refractivity contribution in [1.82, 2.24) is 5.32 Å². The van der Waals surface area contributed by atoms with Gasteiger partial charge >= 0.3 is 0 Å². The van der Waals surface area contributed by atoms with Crippen LogP contribution in [0.2, 0.25) is 0 Å². The van der Waals surface area contributed by atoms with E-state index in [1.54, 1.807) is 11.3 Å². The van der Waals surface area contributed by atoms with E-state index in [1.165, 1.54) is 23.1 Å². The predicted molar refractivity (Wildman–Crippen MR) is 80.2 cm³/mol. The molecular weight excluding hydrogens is 276 g/mol. The third-order valence-electron chi connectivity index (χ3n) is 3.39. The number of aryl methyl sites for hydroxylation is 1. The van der Waals surface area contributed by atoms with Crippen molar-refractivity contribution < 1.29 is 8.78 Å². The second-order valence-corrected chi connectivity index (χ2v) is 5.96. The zero-order valence-corrected chi connectivity index (χ0v) is 12.6. The van der Waals surface area contributed by atoms with Crippen LogP contribution in [0.3, 0.4) is 0 Å². The highest BCUT2D eigenvalue weighted by Gasteiger charge is 2.19. The van der Waals surface area contributed by atoms with Crippen LogP contribution in [-0.4, -0.2) is 6.54 Å². The van der Waals surface area contributed by atoms with Crippen LogP contribution in [0.4, 0.5) is 8.78 Å². The molecule has 0 spiro atoms. The van der Waals surface area contributed by atoms with E-state index in [4.69, 9.17) is 0 Å². The Bertz CT molecular complexity index is 545. The molecule has 1 nitrogen and oxygen atoms in total.